The highest BCUT2D eigenvalue weighted by atomic mass is 79.9. The molecule has 0 saturated carbocycles. The lowest BCUT2D eigenvalue weighted by atomic mass is 10.3. The minimum absolute atomic E-state index is 0.00121. The Morgan fingerprint density at radius 2 is 1.67 bits per heavy atom. The van der Waals surface area contributed by atoms with Crippen molar-refractivity contribution >= 4 is 43.4 Å². The molecule has 1 aromatic heterocycles. The molecular weight excluding hydrogens is 454 g/mol. The Balaban J connectivity index is 1.97. The molecule has 2 aromatic carbocycles. The van der Waals surface area contributed by atoms with Crippen LogP contribution in [-0.2, 0) is 10.0 Å². The molecule has 0 aliphatic heterocycles. The average Bonchev–Trinajstić information content (AvgIpc) is 2.91. The summed E-state index contributed by atoms with van der Waals surface area (Å²) in [5, 5.41) is 15.0. The van der Waals surface area contributed by atoms with Gasteiger partial charge in [-0.1, -0.05) is 27.7 Å². The highest BCUT2D eigenvalue weighted by Gasteiger charge is 2.24. The summed E-state index contributed by atoms with van der Waals surface area (Å²) in [6, 6.07) is 12.4. The van der Waals surface area contributed by atoms with Gasteiger partial charge >= 0.3 is 0 Å². The van der Waals surface area contributed by atoms with Crippen LogP contribution < -0.4 is 0 Å². The van der Waals surface area contributed by atoms with Gasteiger partial charge in [-0.2, -0.15) is 17.6 Å². The molecule has 0 aliphatic carbocycles. The number of aryl methyl sites for hydroxylation is 1. The molecule has 0 unspecified atom stereocenters. The number of halogens is 1. The summed E-state index contributed by atoms with van der Waals surface area (Å²) in [6.07, 6.45) is 0. The maximum Gasteiger partial charge on any atom is 0.283 e. The van der Waals surface area contributed by atoms with E-state index in [1.165, 1.54) is 36.0 Å². The standard InChI is InChI=1S/C17H14BrN3O4S2/c1-11-17(26-15-7-5-14(6-8-15)21(22)23)12(2)20(19-11)27(24,25)16-9-3-13(18)4-10-16/h3-10H,1-2H3. The van der Waals surface area contributed by atoms with E-state index in [1.807, 2.05) is 0 Å². The Labute approximate surface area is 168 Å². The van der Waals surface area contributed by atoms with E-state index in [9.17, 15) is 18.5 Å². The van der Waals surface area contributed by atoms with Crippen LogP contribution in [0.5, 0.6) is 0 Å². The van der Waals surface area contributed by atoms with Crippen LogP contribution in [0.25, 0.3) is 0 Å². The molecule has 1 heterocycles. The predicted molar refractivity (Wildman–Crippen MR) is 106 cm³/mol. The molecule has 140 valence electrons. The summed E-state index contributed by atoms with van der Waals surface area (Å²) >= 11 is 4.60. The summed E-state index contributed by atoms with van der Waals surface area (Å²) < 4.78 is 27.6. The highest BCUT2D eigenvalue weighted by Crippen LogP contribution is 2.34. The van der Waals surface area contributed by atoms with Crippen molar-refractivity contribution in [1.29, 1.82) is 0 Å². The van der Waals surface area contributed by atoms with Gasteiger partial charge in [-0.25, -0.2) is 0 Å². The molecular formula is C17H14BrN3O4S2. The topological polar surface area (TPSA) is 95.1 Å². The highest BCUT2D eigenvalue weighted by molar-refractivity contribution is 9.10. The summed E-state index contributed by atoms with van der Waals surface area (Å²) in [4.78, 5) is 11.9. The number of rotatable bonds is 5. The van der Waals surface area contributed by atoms with E-state index in [0.29, 0.717) is 16.3 Å². The molecule has 0 bridgehead atoms. The van der Waals surface area contributed by atoms with Crippen LogP contribution >= 0.6 is 27.7 Å². The molecule has 7 nitrogen and oxygen atoms in total. The van der Waals surface area contributed by atoms with E-state index in [1.54, 1.807) is 38.1 Å². The molecule has 0 aliphatic rings. The number of nitrogens with zero attached hydrogens (tertiary/aromatic N) is 3. The van der Waals surface area contributed by atoms with Gasteiger partial charge in [0.25, 0.3) is 15.7 Å². The Kier molecular flexibility index (Phi) is 5.41. The van der Waals surface area contributed by atoms with Gasteiger partial charge in [-0.15, -0.1) is 0 Å². The van der Waals surface area contributed by atoms with Crippen molar-refractivity contribution in [2.75, 3.05) is 0 Å². The van der Waals surface area contributed by atoms with Gasteiger partial charge in [0.1, 0.15) is 0 Å². The van der Waals surface area contributed by atoms with Crippen molar-refractivity contribution in [2.45, 2.75) is 28.5 Å². The molecule has 10 heteroatoms. The van der Waals surface area contributed by atoms with Crippen LogP contribution in [0.15, 0.2) is 67.7 Å². The molecule has 0 fully saturated rings. The minimum atomic E-state index is -3.82. The third-order valence-corrected chi connectivity index (χ3v) is 7.30. The number of hydrogen-bond acceptors (Lipinski definition) is 6. The van der Waals surface area contributed by atoms with E-state index in [2.05, 4.69) is 21.0 Å². The van der Waals surface area contributed by atoms with Crippen molar-refractivity contribution in [3.63, 3.8) is 0 Å². The van der Waals surface area contributed by atoms with E-state index in [-0.39, 0.29) is 10.6 Å². The van der Waals surface area contributed by atoms with Gasteiger partial charge in [0.05, 0.1) is 26.1 Å². The van der Waals surface area contributed by atoms with Crippen molar-refractivity contribution in [3.05, 3.63) is 74.5 Å². The zero-order valence-electron chi connectivity index (χ0n) is 14.3. The number of non-ortho nitro benzene ring substituents is 1. The fourth-order valence-corrected chi connectivity index (χ4v) is 5.06. The fraction of sp³-hybridized carbons (Fsp3) is 0.118. The van der Waals surface area contributed by atoms with Gasteiger partial charge in [-0.3, -0.25) is 10.1 Å². The smallest absolute Gasteiger partial charge is 0.258 e. The first-order valence-corrected chi connectivity index (χ1v) is 10.7. The monoisotopic (exact) mass is 467 g/mol. The van der Waals surface area contributed by atoms with Gasteiger partial charge < -0.3 is 0 Å². The quantitative estimate of drug-likeness (QED) is 0.403. The van der Waals surface area contributed by atoms with Crippen LogP contribution in [0.4, 0.5) is 5.69 Å². The minimum Gasteiger partial charge on any atom is -0.258 e. The SMILES string of the molecule is Cc1nn(S(=O)(=O)c2ccc(Br)cc2)c(C)c1Sc1ccc([N+](=O)[O-])cc1. The molecule has 0 N–H and O–H groups in total. The number of aromatic nitrogens is 2. The number of nitro benzene ring substituents is 1. The molecule has 27 heavy (non-hydrogen) atoms. The van der Waals surface area contributed by atoms with Gasteiger partial charge in [0.15, 0.2) is 0 Å². The van der Waals surface area contributed by atoms with Crippen LogP contribution in [0.3, 0.4) is 0 Å². The van der Waals surface area contributed by atoms with Crippen molar-refractivity contribution in [2.24, 2.45) is 0 Å². The second kappa shape index (κ2) is 7.45. The van der Waals surface area contributed by atoms with Gasteiger partial charge in [-0.05, 0) is 50.2 Å². The summed E-state index contributed by atoms with van der Waals surface area (Å²) in [6.45, 7) is 3.42. The lowest BCUT2D eigenvalue weighted by molar-refractivity contribution is -0.384. The zero-order chi connectivity index (χ0) is 19.8. The molecule has 0 atom stereocenters. The second-order valence-corrected chi connectivity index (χ2v) is 9.42. The fourth-order valence-electron chi connectivity index (χ4n) is 2.45. The maximum atomic E-state index is 12.9. The Bertz CT molecular complexity index is 1110. The summed E-state index contributed by atoms with van der Waals surface area (Å²) in [5.74, 6) is 0. The van der Waals surface area contributed by atoms with Gasteiger partial charge in [0.2, 0.25) is 0 Å². The Morgan fingerprint density at radius 3 is 2.22 bits per heavy atom. The first-order chi connectivity index (χ1) is 12.7. The normalized spacial score (nSPS) is 11.5. The lowest BCUT2D eigenvalue weighted by Gasteiger charge is -2.07. The molecule has 3 aromatic rings. The van der Waals surface area contributed by atoms with Crippen molar-refractivity contribution < 1.29 is 13.3 Å². The summed E-state index contributed by atoms with van der Waals surface area (Å²) in [5.41, 5.74) is 1.05. The third-order valence-electron chi connectivity index (χ3n) is 3.79. The molecule has 0 amide bonds. The molecule has 3 rings (SSSR count). The van der Waals surface area contributed by atoms with Crippen molar-refractivity contribution in [3.8, 4) is 0 Å². The molecule has 0 radical (unpaired) electrons. The number of nitro groups is 1. The van der Waals surface area contributed by atoms with E-state index < -0.39 is 14.9 Å². The van der Waals surface area contributed by atoms with E-state index in [0.717, 1.165) is 13.5 Å². The maximum absolute atomic E-state index is 12.9. The first-order valence-electron chi connectivity index (χ1n) is 7.70. The Hall–Kier alpha value is -2.17. The zero-order valence-corrected chi connectivity index (χ0v) is 17.5. The number of hydrogen-bond donors (Lipinski definition) is 0. The first kappa shape index (κ1) is 19.6. The van der Waals surface area contributed by atoms with Crippen LogP contribution in [0.1, 0.15) is 11.4 Å². The van der Waals surface area contributed by atoms with Crippen LogP contribution in [-0.4, -0.2) is 22.5 Å². The van der Waals surface area contributed by atoms with E-state index in [4.69, 9.17) is 0 Å². The van der Waals surface area contributed by atoms with Gasteiger partial charge in [0, 0.05) is 21.5 Å². The number of benzene rings is 2. The average molecular weight is 468 g/mol. The van der Waals surface area contributed by atoms with E-state index >= 15 is 0 Å². The summed E-state index contributed by atoms with van der Waals surface area (Å²) in [7, 11) is -3.82. The largest absolute Gasteiger partial charge is 0.283 e. The van der Waals surface area contributed by atoms with Crippen molar-refractivity contribution in [1.82, 2.24) is 9.19 Å². The molecule has 0 spiro atoms. The second-order valence-electron chi connectivity index (χ2n) is 5.65. The Morgan fingerprint density at radius 1 is 1.07 bits per heavy atom. The molecule has 0 saturated heterocycles. The third kappa shape index (κ3) is 3.92. The predicted octanol–water partition coefficient (Wildman–Crippen LogP) is 4.56. The van der Waals surface area contributed by atoms with Crippen LogP contribution in [0, 0.1) is 24.0 Å². The van der Waals surface area contributed by atoms with Crippen LogP contribution in [0.2, 0.25) is 0 Å². The lowest BCUT2D eigenvalue weighted by Crippen LogP contribution is -2.16.